The number of hydrogen-bond donors (Lipinski definition) is 1. The smallest absolute Gasteiger partial charge is 0.323 e. The fourth-order valence-electron chi connectivity index (χ4n) is 1.90. The van der Waals surface area contributed by atoms with Crippen molar-refractivity contribution in [2.24, 2.45) is 0 Å². The molecule has 0 saturated heterocycles. The zero-order valence-electron chi connectivity index (χ0n) is 8.42. The zero-order chi connectivity index (χ0) is 11.7. The van der Waals surface area contributed by atoms with Gasteiger partial charge in [0, 0.05) is 24.4 Å². The van der Waals surface area contributed by atoms with E-state index in [4.69, 9.17) is 5.11 Å². The number of non-ortho nitro benzene ring substituents is 1. The van der Waals surface area contributed by atoms with Crippen molar-refractivity contribution in [3.8, 4) is 0 Å². The molecule has 0 unspecified atom stereocenters. The van der Waals surface area contributed by atoms with Gasteiger partial charge in [0.2, 0.25) is 0 Å². The standard InChI is InChI=1S/C10H10N2O4/c13-10(14)6-11-4-3-7-5-8(12(15)16)1-2-9(7)11/h1-2,5H,3-4,6H2,(H,13,14). The Hall–Kier alpha value is -2.11. The van der Waals surface area contributed by atoms with Crippen molar-refractivity contribution >= 4 is 17.3 Å². The minimum Gasteiger partial charge on any atom is -0.480 e. The lowest BCUT2D eigenvalue weighted by Gasteiger charge is -2.15. The maximum atomic E-state index is 10.6. The van der Waals surface area contributed by atoms with Crippen LogP contribution in [0.25, 0.3) is 0 Å². The lowest BCUT2D eigenvalue weighted by atomic mass is 10.1. The number of aliphatic carboxylic acids is 1. The van der Waals surface area contributed by atoms with Crippen LogP contribution in [0.1, 0.15) is 5.56 Å². The molecule has 2 rings (SSSR count). The van der Waals surface area contributed by atoms with Gasteiger partial charge < -0.3 is 10.0 Å². The average Bonchev–Trinajstić information content (AvgIpc) is 2.60. The second-order valence-electron chi connectivity index (χ2n) is 3.64. The molecule has 0 bridgehead atoms. The number of nitro groups is 1. The summed E-state index contributed by atoms with van der Waals surface area (Å²) >= 11 is 0. The summed E-state index contributed by atoms with van der Waals surface area (Å²) in [5.41, 5.74) is 1.68. The van der Waals surface area contributed by atoms with Gasteiger partial charge in [-0.25, -0.2) is 0 Å². The van der Waals surface area contributed by atoms with Crippen molar-refractivity contribution in [1.82, 2.24) is 0 Å². The molecule has 1 aliphatic heterocycles. The number of carboxylic acid groups (broad SMARTS) is 1. The van der Waals surface area contributed by atoms with Crippen LogP contribution in [-0.2, 0) is 11.2 Å². The van der Waals surface area contributed by atoms with Gasteiger partial charge in [0.15, 0.2) is 0 Å². The van der Waals surface area contributed by atoms with E-state index in [0.717, 1.165) is 11.3 Å². The number of carbonyl (C=O) groups is 1. The highest BCUT2D eigenvalue weighted by atomic mass is 16.6. The Bertz CT molecular complexity index is 458. The molecule has 0 spiro atoms. The Morgan fingerprint density at radius 2 is 2.31 bits per heavy atom. The monoisotopic (exact) mass is 222 g/mol. The Kier molecular flexibility index (Phi) is 2.47. The van der Waals surface area contributed by atoms with Crippen LogP contribution in [-0.4, -0.2) is 29.1 Å². The van der Waals surface area contributed by atoms with Crippen LogP contribution < -0.4 is 4.90 Å². The molecule has 1 N–H and O–H groups in total. The molecule has 0 saturated carbocycles. The van der Waals surface area contributed by atoms with E-state index in [0.29, 0.717) is 13.0 Å². The lowest BCUT2D eigenvalue weighted by Crippen LogP contribution is -2.27. The van der Waals surface area contributed by atoms with E-state index in [1.165, 1.54) is 12.1 Å². The van der Waals surface area contributed by atoms with Crippen molar-refractivity contribution in [2.75, 3.05) is 18.0 Å². The quantitative estimate of drug-likeness (QED) is 0.610. The van der Waals surface area contributed by atoms with Gasteiger partial charge in [-0.15, -0.1) is 0 Å². The molecule has 16 heavy (non-hydrogen) atoms. The summed E-state index contributed by atoms with van der Waals surface area (Å²) in [6, 6.07) is 4.53. The van der Waals surface area contributed by atoms with Crippen molar-refractivity contribution in [1.29, 1.82) is 0 Å². The first kappa shape index (κ1) is 10.4. The number of nitrogens with zero attached hydrogens (tertiary/aromatic N) is 2. The minimum absolute atomic E-state index is 0.0518. The fraction of sp³-hybridized carbons (Fsp3) is 0.300. The highest BCUT2D eigenvalue weighted by molar-refractivity contribution is 5.75. The van der Waals surface area contributed by atoms with E-state index in [-0.39, 0.29) is 12.2 Å². The number of benzene rings is 1. The molecule has 0 radical (unpaired) electrons. The molecule has 1 aliphatic rings. The molecular formula is C10H10N2O4. The number of anilines is 1. The van der Waals surface area contributed by atoms with Crippen LogP contribution in [0, 0.1) is 10.1 Å². The van der Waals surface area contributed by atoms with Gasteiger partial charge in [-0.3, -0.25) is 14.9 Å². The first-order chi connectivity index (χ1) is 7.58. The molecule has 1 aromatic rings. The third-order valence-corrected chi connectivity index (χ3v) is 2.59. The summed E-state index contributed by atoms with van der Waals surface area (Å²) in [6.07, 6.45) is 0.657. The summed E-state index contributed by atoms with van der Waals surface area (Å²) in [7, 11) is 0. The van der Waals surface area contributed by atoms with E-state index in [1.807, 2.05) is 0 Å². The van der Waals surface area contributed by atoms with Gasteiger partial charge in [-0.1, -0.05) is 0 Å². The maximum Gasteiger partial charge on any atom is 0.323 e. The van der Waals surface area contributed by atoms with Crippen molar-refractivity contribution in [3.63, 3.8) is 0 Å². The van der Waals surface area contributed by atoms with Gasteiger partial charge in [-0.05, 0) is 18.1 Å². The van der Waals surface area contributed by atoms with Crippen molar-refractivity contribution in [2.45, 2.75) is 6.42 Å². The topological polar surface area (TPSA) is 83.7 Å². The van der Waals surface area contributed by atoms with Crippen LogP contribution in [0.5, 0.6) is 0 Å². The molecule has 1 aromatic carbocycles. The van der Waals surface area contributed by atoms with Crippen LogP contribution in [0.3, 0.4) is 0 Å². The highest BCUT2D eigenvalue weighted by Gasteiger charge is 2.22. The van der Waals surface area contributed by atoms with E-state index < -0.39 is 10.9 Å². The Labute approximate surface area is 91.3 Å². The molecule has 6 heteroatoms. The van der Waals surface area contributed by atoms with E-state index >= 15 is 0 Å². The van der Waals surface area contributed by atoms with Crippen molar-refractivity contribution < 1.29 is 14.8 Å². The zero-order valence-corrected chi connectivity index (χ0v) is 8.42. The molecule has 0 aliphatic carbocycles. The normalized spacial score (nSPS) is 13.6. The third-order valence-electron chi connectivity index (χ3n) is 2.59. The molecule has 1 heterocycles. The first-order valence-corrected chi connectivity index (χ1v) is 4.82. The number of rotatable bonds is 3. The molecular weight excluding hydrogens is 212 g/mol. The van der Waals surface area contributed by atoms with E-state index in [2.05, 4.69) is 0 Å². The predicted octanol–water partition coefficient (Wildman–Crippen LogP) is 1.04. The highest BCUT2D eigenvalue weighted by Crippen LogP contribution is 2.30. The summed E-state index contributed by atoms with van der Waals surface area (Å²) in [5, 5.41) is 19.3. The van der Waals surface area contributed by atoms with Crippen LogP contribution in [0.4, 0.5) is 11.4 Å². The maximum absolute atomic E-state index is 10.6. The van der Waals surface area contributed by atoms with Crippen LogP contribution >= 0.6 is 0 Å². The van der Waals surface area contributed by atoms with Crippen LogP contribution in [0.15, 0.2) is 18.2 Å². The van der Waals surface area contributed by atoms with Gasteiger partial charge in [-0.2, -0.15) is 0 Å². The number of nitro benzene ring substituents is 1. The SMILES string of the molecule is O=C(O)CN1CCc2cc([N+](=O)[O-])ccc21. The average molecular weight is 222 g/mol. The molecule has 0 fully saturated rings. The minimum atomic E-state index is -0.897. The number of carboxylic acids is 1. The second-order valence-corrected chi connectivity index (χ2v) is 3.64. The predicted molar refractivity (Wildman–Crippen MR) is 56.6 cm³/mol. The fourth-order valence-corrected chi connectivity index (χ4v) is 1.90. The number of fused-ring (bicyclic) bond motifs is 1. The van der Waals surface area contributed by atoms with Crippen molar-refractivity contribution in [3.05, 3.63) is 33.9 Å². The Balaban J connectivity index is 2.28. The Morgan fingerprint density at radius 3 is 2.94 bits per heavy atom. The summed E-state index contributed by atoms with van der Waals surface area (Å²) in [5.74, 6) is -0.897. The van der Waals surface area contributed by atoms with Gasteiger partial charge in [0.25, 0.3) is 5.69 Å². The summed E-state index contributed by atoms with van der Waals surface area (Å²) in [4.78, 5) is 22.4. The molecule has 6 nitrogen and oxygen atoms in total. The first-order valence-electron chi connectivity index (χ1n) is 4.82. The van der Waals surface area contributed by atoms with E-state index in [9.17, 15) is 14.9 Å². The third kappa shape index (κ3) is 1.81. The van der Waals surface area contributed by atoms with Gasteiger partial charge in [0.05, 0.1) is 4.92 Å². The molecule has 0 amide bonds. The Morgan fingerprint density at radius 1 is 1.56 bits per heavy atom. The van der Waals surface area contributed by atoms with Gasteiger partial charge >= 0.3 is 5.97 Å². The number of hydrogen-bond acceptors (Lipinski definition) is 4. The molecule has 84 valence electrons. The molecule has 0 atom stereocenters. The second kappa shape index (κ2) is 3.80. The molecule has 0 aromatic heterocycles. The summed E-state index contributed by atoms with van der Waals surface area (Å²) in [6.45, 7) is 0.535. The van der Waals surface area contributed by atoms with E-state index in [1.54, 1.807) is 11.0 Å². The van der Waals surface area contributed by atoms with Gasteiger partial charge in [0.1, 0.15) is 6.54 Å². The van der Waals surface area contributed by atoms with Crippen LogP contribution in [0.2, 0.25) is 0 Å². The largest absolute Gasteiger partial charge is 0.480 e. The lowest BCUT2D eigenvalue weighted by molar-refractivity contribution is -0.384. The summed E-state index contributed by atoms with van der Waals surface area (Å²) < 4.78 is 0.